The minimum Gasteiger partial charge on any atom is -0.389 e. The summed E-state index contributed by atoms with van der Waals surface area (Å²) in [7, 11) is 2.10. The highest BCUT2D eigenvalue weighted by molar-refractivity contribution is 7.98. The molecule has 0 aliphatic rings. The molecule has 1 aromatic carbocycles. The van der Waals surface area contributed by atoms with E-state index in [9.17, 15) is 5.11 Å². The first-order valence-corrected chi connectivity index (χ1v) is 7.46. The lowest BCUT2D eigenvalue weighted by molar-refractivity contribution is 0.199. The van der Waals surface area contributed by atoms with Gasteiger partial charge in [-0.3, -0.25) is 0 Å². The first kappa shape index (κ1) is 14.4. The topological polar surface area (TPSA) is 23.5 Å². The van der Waals surface area contributed by atoms with Gasteiger partial charge in [0.2, 0.25) is 0 Å². The molecule has 1 aromatic rings. The van der Waals surface area contributed by atoms with E-state index in [1.807, 2.05) is 36.9 Å². The molecule has 0 aromatic heterocycles. The van der Waals surface area contributed by atoms with Crippen molar-refractivity contribution in [3.05, 3.63) is 29.8 Å². The van der Waals surface area contributed by atoms with Gasteiger partial charge in [-0.05, 0) is 38.3 Å². The molecule has 0 spiro atoms. The van der Waals surface area contributed by atoms with Gasteiger partial charge in [-0.25, -0.2) is 0 Å². The quantitative estimate of drug-likeness (QED) is 0.841. The van der Waals surface area contributed by atoms with Gasteiger partial charge < -0.3 is 10.0 Å². The summed E-state index contributed by atoms with van der Waals surface area (Å²) in [6.45, 7) is 4.05. The first-order chi connectivity index (χ1) is 8.07. The molecule has 2 unspecified atom stereocenters. The van der Waals surface area contributed by atoms with Crippen LogP contribution in [0.25, 0.3) is 0 Å². The van der Waals surface area contributed by atoms with Gasteiger partial charge >= 0.3 is 0 Å². The molecule has 96 valence electrons. The minimum absolute atomic E-state index is 0.415. The van der Waals surface area contributed by atoms with Crippen molar-refractivity contribution in [3.8, 4) is 0 Å². The Bertz CT molecular complexity index is 341. The molecule has 0 amide bonds. The Morgan fingerprint density at radius 1 is 1.29 bits per heavy atom. The van der Waals surface area contributed by atoms with Gasteiger partial charge in [-0.2, -0.15) is 11.8 Å². The lowest BCUT2D eigenvalue weighted by Crippen LogP contribution is -2.30. The number of aliphatic hydroxyl groups is 1. The number of aliphatic hydroxyl groups excluding tert-OH is 1. The van der Waals surface area contributed by atoms with E-state index in [-0.39, 0.29) is 0 Å². The molecular formula is C14H23NOS. The van der Waals surface area contributed by atoms with Crippen LogP contribution in [0.2, 0.25) is 0 Å². The van der Waals surface area contributed by atoms with E-state index in [1.165, 1.54) is 5.75 Å². The maximum Gasteiger partial charge on any atom is 0.0781 e. The first-order valence-electron chi connectivity index (χ1n) is 6.06. The van der Waals surface area contributed by atoms with Crippen LogP contribution in [-0.4, -0.2) is 30.2 Å². The Balaban J connectivity index is 2.83. The van der Waals surface area contributed by atoms with Gasteiger partial charge in [0.05, 0.1) is 6.10 Å². The molecule has 3 heteroatoms. The van der Waals surface area contributed by atoms with E-state index in [0.717, 1.165) is 17.7 Å². The molecule has 2 nitrogen and oxygen atoms in total. The van der Waals surface area contributed by atoms with Gasteiger partial charge in [0.15, 0.2) is 0 Å². The molecule has 0 radical (unpaired) electrons. The summed E-state index contributed by atoms with van der Waals surface area (Å²) in [6, 6.07) is 8.57. The fraction of sp³-hybridized carbons (Fsp3) is 0.571. The second kappa shape index (κ2) is 6.92. The van der Waals surface area contributed by atoms with Crippen LogP contribution in [0.5, 0.6) is 0 Å². The molecule has 0 bridgehead atoms. The normalized spacial score (nSPS) is 14.4. The van der Waals surface area contributed by atoms with Crippen molar-refractivity contribution in [2.45, 2.75) is 32.4 Å². The Morgan fingerprint density at radius 2 is 1.94 bits per heavy atom. The largest absolute Gasteiger partial charge is 0.389 e. The van der Waals surface area contributed by atoms with Crippen LogP contribution < -0.4 is 4.90 Å². The fourth-order valence-electron chi connectivity index (χ4n) is 1.88. The van der Waals surface area contributed by atoms with E-state index < -0.39 is 6.10 Å². The predicted octanol–water partition coefficient (Wildman–Crippen LogP) is 3.32. The van der Waals surface area contributed by atoms with Crippen molar-refractivity contribution in [1.29, 1.82) is 0 Å². The smallest absolute Gasteiger partial charge is 0.0781 e. The van der Waals surface area contributed by atoms with Crippen LogP contribution in [0, 0.1) is 0 Å². The molecular weight excluding hydrogens is 230 g/mol. The number of rotatable bonds is 6. The van der Waals surface area contributed by atoms with Gasteiger partial charge in [0.25, 0.3) is 0 Å². The van der Waals surface area contributed by atoms with Crippen molar-refractivity contribution in [1.82, 2.24) is 0 Å². The monoisotopic (exact) mass is 253 g/mol. The molecule has 0 aliphatic heterocycles. The summed E-state index contributed by atoms with van der Waals surface area (Å²) in [5.74, 6) is 1.17. The highest BCUT2D eigenvalue weighted by Crippen LogP contribution is 2.27. The second-order valence-corrected chi connectivity index (χ2v) is 5.46. The van der Waals surface area contributed by atoms with Crippen molar-refractivity contribution in [2.75, 3.05) is 24.0 Å². The third kappa shape index (κ3) is 3.93. The van der Waals surface area contributed by atoms with Crippen molar-refractivity contribution >= 4 is 17.4 Å². The number of benzene rings is 1. The number of para-hydroxylation sites is 1. The Hall–Kier alpha value is -0.670. The molecule has 0 aliphatic carbocycles. The van der Waals surface area contributed by atoms with E-state index in [1.54, 1.807) is 0 Å². The predicted molar refractivity (Wildman–Crippen MR) is 77.9 cm³/mol. The van der Waals surface area contributed by atoms with Crippen LogP contribution in [0.3, 0.4) is 0 Å². The summed E-state index contributed by atoms with van der Waals surface area (Å²) >= 11 is 1.88. The van der Waals surface area contributed by atoms with Gasteiger partial charge in [-0.15, -0.1) is 0 Å². The van der Waals surface area contributed by atoms with E-state index in [2.05, 4.69) is 31.2 Å². The Morgan fingerprint density at radius 3 is 2.53 bits per heavy atom. The Labute approximate surface area is 109 Å². The molecule has 0 fully saturated rings. The van der Waals surface area contributed by atoms with Crippen molar-refractivity contribution in [3.63, 3.8) is 0 Å². The molecule has 1 N–H and O–H groups in total. The number of hydrogen-bond acceptors (Lipinski definition) is 3. The fourth-order valence-corrected chi connectivity index (χ4v) is 2.46. The highest BCUT2D eigenvalue weighted by Gasteiger charge is 2.15. The SMILES string of the molecule is CSCCC(C)N(C)c1ccccc1C(C)O. The molecule has 2 atom stereocenters. The molecule has 1 rings (SSSR count). The van der Waals surface area contributed by atoms with Crippen LogP contribution in [0.15, 0.2) is 24.3 Å². The lowest BCUT2D eigenvalue weighted by atomic mass is 10.1. The summed E-state index contributed by atoms with van der Waals surface area (Å²) < 4.78 is 0. The number of hydrogen-bond donors (Lipinski definition) is 1. The number of nitrogens with zero attached hydrogens (tertiary/aromatic N) is 1. The van der Waals surface area contributed by atoms with E-state index in [0.29, 0.717) is 6.04 Å². The molecule has 0 heterocycles. The summed E-state index contributed by atoms with van der Waals surface area (Å²) in [6.07, 6.45) is 2.88. The minimum atomic E-state index is -0.415. The van der Waals surface area contributed by atoms with Gasteiger partial charge in [0, 0.05) is 24.3 Å². The van der Waals surface area contributed by atoms with E-state index >= 15 is 0 Å². The lowest BCUT2D eigenvalue weighted by Gasteiger charge is -2.29. The number of thioether (sulfide) groups is 1. The Kier molecular flexibility index (Phi) is 5.86. The zero-order valence-electron chi connectivity index (χ0n) is 11.2. The van der Waals surface area contributed by atoms with Crippen LogP contribution >= 0.6 is 11.8 Å². The summed E-state index contributed by atoms with van der Waals surface area (Å²) in [5, 5.41) is 9.78. The van der Waals surface area contributed by atoms with Crippen molar-refractivity contribution in [2.24, 2.45) is 0 Å². The maximum atomic E-state index is 9.78. The van der Waals surface area contributed by atoms with Crippen LogP contribution in [0.1, 0.15) is 31.9 Å². The maximum absolute atomic E-state index is 9.78. The zero-order chi connectivity index (χ0) is 12.8. The number of anilines is 1. The second-order valence-electron chi connectivity index (χ2n) is 4.48. The average Bonchev–Trinajstić information content (AvgIpc) is 2.34. The van der Waals surface area contributed by atoms with E-state index in [4.69, 9.17) is 0 Å². The van der Waals surface area contributed by atoms with Crippen molar-refractivity contribution < 1.29 is 5.11 Å². The van der Waals surface area contributed by atoms with Crippen LogP contribution in [-0.2, 0) is 0 Å². The average molecular weight is 253 g/mol. The highest BCUT2D eigenvalue weighted by atomic mass is 32.2. The van der Waals surface area contributed by atoms with Gasteiger partial charge in [-0.1, -0.05) is 18.2 Å². The zero-order valence-corrected chi connectivity index (χ0v) is 12.0. The molecule has 0 saturated carbocycles. The molecule has 17 heavy (non-hydrogen) atoms. The summed E-state index contributed by atoms with van der Waals surface area (Å²) in [4.78, 5) is 2.26. The third-order valence-electron chi connectivity index (χ3n) is 3.17. The van der Waals surface area contributed by atoms with Gasteiger partial charge in [0.1, 0.15) is 0 Å². The third-order valence-corrected chi connectivity index (χ3v) is 3.81. The standard InChI is InChI=1S/C14H23NOS/c1-11(9-10-17-4)15(3)14-8-6-5-7-13(14)12(2)16/h5-8,11-12,16H,9-10H2,1-4H3. The molecule has 0 saturated heterocycles. The van der Waals surface area contributed by atoms with Crippen LogP contribution in [0.4, 0.5) is 5.69 Å². The summed E-state index contributed by atoms with van der Waals surface area (Å²) in [5.41, 5.74) is 2.14.